The molecule has 0 spiro atoms. The van der Waals surface area contributed by atoms with E-state index < -0.39 is 0 Å². The summed E-state index contributed by atoms with van der Waals surface area (Å²) in [4.78, 5) is 19.3. The SMILES string of the molecule is Cc1cccc(Cl)c1NC(=O)c1cnc(Nc2ccc(N(C)C)cc2)s1. The number of carbonyl (C=O) groups is 1. The standard InChI is InChI=1S/C19H19ClN4OS/c1-12-5-4-6-15(20)17(12)23-18(25)16-11-21-19(26-16)22-13-7-9-14(10-8-13)24(2)3/h4-11H,1-3H3,(H,21,22)(H,23,25). The number of amides is 1. The van der Waals surface area contributed by atoms with Crippen LogP contribution in [0.1, 0.15) is 15.2 Å². The van der Waals surface area contributed by atoms with Gasteiger partial charge in [0.25, 0.3) is 5.91 Å². The molecule has 0 atom stereocenters. The molecule has 0 aliphatic heterocycles. The molecular weight excluding hydrogens is 368 g/mol. The van der Waals surface area contributed by atoms with Crippen LogP contribution in [0.4, 0.5) is 22.2 Å². The number of hydrogen-bond acceptors (Lipinski definition) is 5. The minimum Gasteiger partial charge on any atom is -0.378 e. The van der Waals surface area contributed by atoms with Crippen molar-refractivity contribution in [3.05, 3.63) is 64.1 Å². The molecule has 0 fully saturated rings. The lowest BCUT2D eigenvalue weighted by Gasteiger charge is -2.12. The molecule has 1 heterocycles. The molecule has 5 nitrogen and oxygen atoms in total. The summed E-state index contributed by atoms with van der Waals surface area (Å²) in [5, 5.41) is 7.24. The van der Waals surface area contributed by atoms with Crippen molar-refractivity contribution < 1.29 is 4.79 Å². The number of nitrogens with one attached hydrogen (secondary N) is 2. The second-order valence-electron chi connectivity index (χ2n) is 5.98. The molecule has 0 bridgehead atoms. The van der Waals surface area contributed by atoms with E-state index in [4.69, 9.17) is 11.6 Å². The van der Waals surface area contributed by atoms with Crippen molar-refractivity contribution in [1.29, 1.82) is 0 Å². The molecule has 0 saturated carbocycles. The minimum atomic E-state index is -0.227. The zero-order chi connectivity index (χ0) is 18.7. The number of nitrogens with zero attached hydrogens (tertiary/aromatic N) is 2. The van der Waals surface area contributed by atoms with Gasteiger partial charge in [-0.2, -0.15) is 0 Å². The first kappa shape index (κ1) is 18.2. The van der Waals surface area contributed by atoms with Crippen LogP contribution in [-0.2, 0) is 0 Å². The first-order valence-electron chi connectivity index (χ1n) is 8.01. The number of hydrogen-bond donors (Lipinski definition) is 2. The van der Waals surface area contributed by atoms with Gasteiger partial charge in [-0.05, 0) is 42.8 Å². The van der Waals surface area contributed by atoms with Crippen molar-refractivity contribution in [1.82, 2.24) is 4.98 Å². The van der Waals surface area contributed by atoms with Gasteiger partial charge < -0.3 is 15.5 Å². The van der Waals surface area contributed by atoms with Crippen molar-refractivity contribution in [3.8, 4) is 0 Å². The Hall–Kier alpha value is -2.57. The highest BCUT2D eigenvalue weighted by Gasteiger charge is 2.14. The molecule has 26 heavy (non-hydrogen) atoms. The van der Waals surface area contributed by atoms with Crippen LogP contribution >= 0.6 is 22.9 Å². The molecular formula is C19H19ClN4OS. The van der Waals surface area contributed by atoms with E-state index in [0.717, 1.165) is 16.9 Å². The second-order valence-corrected chi connectivity index (χ2v) is 7.42. The van der Waals surface area contributed by atoms with Gasteiger partial charge in [0.15, 0.2) is 5.13 Å². The van der Waals surface area contributed by atoms with Crippen LogP contribution in [0.15, 0.2) is 48.7 Å². The summed E-state index contributed by atoms with van der Waals surface area (Å²) in [6, 6.07) is 13.5. The van der Waals surface area contributed by atoms with E-state index >= 15 is 0 Å². The molecule has 1 aromatic heterocycles. The summed E-state index contributed by atoms with van der Waals surface area (Å²) in [5.41, 5.74) is 3.57. The van der Waals surface area contributed by atoms with Crippen molar-refractivity contribution in [2.45, 2.75) is 6.92 Å². The van der Waals surface area contributed by atoms with Crippen LogP contribution in [0, 0.1) is 6.92 Å². The number of halogens is 1. The lowest BCUT2D eigenvalue weighted by Crippen LogP contribution is -2.11. The number of benzene rings is 2. The molecule has 0 radical (unpaired) electrons. The fraction of sp³-hybridized carbons (Fsp3) is 0.158. The van der Waals surface area contributed by atoms with E-state index in [1.165, 1.54) is 11.3 Å². The Kier molecular flexibility index (Phi) is 5.44. The lowest BCUT2D eigenvalue weighted by atomic mass is 10.2. The normalized spacial score (nSPS) is 10.5. The van der Waals surface area contributed by atoms with E-state index in [-0.39, 0.29) is 5.91 Å². The van der Waals surface area contributed by atoms with Crippen LogP contribution in [0.25, 0.3) is 0 Å². The first-order valence-corrected chi connectivity index (χ1v) is 9.20. The quantitative estimate of drug-likeness (QED) is 0.635. The number of aromatic nitrogens is 1. The van der Waals surface area contributed by atoms with E-state index in [1.54, 1.807) is 12.3 Å². The average molecular weight is 387 g/mol. The number of aryl methyl sites for hydroxylation is 1. The monoisotopic (exact) mass is 386 g/mol. The molecule has 0 aliphatic rings. The zero-order valence-corrected chi connectivity index (χ0v) is 16.3. The highest BCUT2D eigenvalue weighted by Crippen LogP contribution is 2.28. The first-order chi connectivity index (χ1) is 12.4. The highest BCUT2D eigenvalue weighted by molar-refractivity contribution is 7.17. The number of anilines is 4. The fourth-order valence-corrected chi connectivity index (χ4v) is 3.37. The average Bonchev–Trinajstić information content (AvgIpc) is 3.07. The Morgan fingerprint density at radius 2 is 1.88 bits per heavy atom. The van der Waals surface area contributed by atoms with Crippen LogP contribution in [0.3, 0.4) is 0 Å². The maximum atomic E-state index is 12.5. The van der Waals surface area contributed by atoms with Gasteiger partial charge in [0.2, 0.25) is 0 Å². The molecule has 2 N–H and O–H groups in total. The number of rotatable bonds is 5. The summed E-state index contributed by atoms with van der Waals surface area (Å²) < 4.78 is 0. The highest BCUT2D eigenvalue weighted by atomic mass is 35.5. The van der Waals surface area contributed by atoms with Gasteiger partial charge in [0.05, 0.1) is 16.9 Å². The third kappa shape index (κ3) is 4.15. The summed E-state index contributed by atoms with van der Waals surface area (Å²) in [6.07, 6.45) is 1.56. The second kappa shape index (κ2) is 7.76. The Morgan fingerprint density at radius 3 is 2.54 bits per heavy atom. The molecule has 3 aromatic rings. The van der Waals surface area contributed by atoms with Crippen LogP contribution < -0.4 is 15.5 Å². The van der Waals surface area contributed by atoms with Gasteiger partial charge in [-0.25, -0.2) is 4.98 Å². The predicted molar refractivity (Wildman–Crippen MR) is 110 cm³/mol. The summed E-state index contributed by atoms with van der Waals surface area (Å²) in [7, 11) is 3.99. The maximum absolute atomic E-state index is 12.5. The van der Waals surface area contributed by atoms with Gasteiger partial charge in [0.1, 0.15) is 4.88 Å². The van der Waals surface area contributed by atoms with E-state index in [9.17, 15) is 4.79 Å². The molecule has 134 valence electrons. The maximum Gasteiger partial charge on any atom is 0.267 e. The van der Waals surface area contributed by atoms with Gasteiger partial charge in [0, 0.05) is 25.5 Å². The third-order valence-electron chi connectivity index (χ3n) is 3.82. The van der Waals surface area contributed by atoms with Gasteiger partial charge in [-0.3, -0.25) is 4.79 Å². The zero-order valence-electron chi connectivity index (χ0n) is 14.7. The summed E-state index contributed by atoms with van der Waals surface area (Å²) in [5.74, 6) is -0.227. The lowest BCUT2D eigenvalue weighted by molar-refractivity contribution is 0.103. The molecule has 1 amide bonds. The Labute approximate surface area is 161 Å². The summed E-state index contributed by atoms with van der Waals surface area (Å²) >= 11 is 7.46. The van der Waals surface area contributed by atoms with Gasteiger partial charge >= 0.3 is 0 Å². The molecule has 0 unspecified atom stereocenters. The predicted octanol–water partition coefficient (Wildman–Crippen LogP) is 5.17. The van der Waals surface area contributed by atoms with E-state index in [1.807, 2.05) is 62.3 Å². The van der Waals surface area contributed by atoms with E-state index in [0.29, 0.717) is 20.7 Å². The van der Waals surface area contributed by atoms with E-state index in [2.05, 4.69) is 15.6 Å². The Morgan fingerprint density at radius 1 is 1.15 bits per heavy atom. The topological polar surface area (TPSA) is 57.3 Å². The van der Waals surface area contributed by atoms with Crippen LogP contribution in [0.5, 0.6) is 0 Å². The smallest absolute Gasteiger partial charge is 0.267 e. The van der Waals surface area contributed by atoms with Crippen LogP contribution in [0.2, 0.25) is 5.02 Å². The number of para-hydroxylation sites is 1. The van der Waals surface area contributed by atoms with Crippen molar-refractivity contribution in [3.63, 3.8) is 0 Å². The van der Waals surface area contributed by atoms with Crippen LogP contribution in [-0.4, -0.2) is 25.0 Å². The summed E-state index contributed by atoms with van der Waals surface area (Å²) in [6.45, 7) is 1.90. The molecule has 0 saturated heterocycles. The molecule has 3 rings (SSSR count). The number of carbonyl (C=O) groups excluding carboxylic acids is 1. The Balaban J connectivity index is 1.70. The van der Waals surface area contributed by atoms with Crippen molar-refractivity contribution in [2.24, 2.45) is 0 Å². The molecule has 2 aromatic carbocycles. The van der Waals surface area contributed by atoms with Gasteiger partial charge in [-0.1, -0.05) is 35.1 Å². The fourth-order valence-electron chi connectivity index (χ4n) is 2.37. The number of thiazole rings is 1. The largest absolute Gasteiger partial charge is 0.378 e. The minimum absolute atomic E-state index is 0.227. The molecule has 0 aliphatic carbocycles. The molecule has 7 heteroatoms. The Bertz CT molecular complexity index is 901. The van der Waals surface area contributed by atoms with Crippen molar-refractivity contribution in [2.75, 3.05) is 29.6 Å². The van der Waals surface area contributed by atoms with Gasteiger partial charge in [-0.15, -0.1) is 0 Å². The third-order valence-corrected chi connectivity index (χ3v) is 5.05. The van der Waals surface area contributed by atoms with Crippen molar-refractivity contribution >= 4 is 51.0 Å².